The summed E-state index contributed by atoms with van der Waals surface area (Å²) in [7, 11) is 0. The Labute approximate surface area is 77.1 Å². The molecule has 0 atom stereocenters. The summed E-state index contributed by atoms with van der Waals surface area (Å²) in [6, 6.07) is 1.62. The molecule has 0 radical (unpaired) electrons. The molecule has 0 saturated heterocycles. The first-order chi connectivity index (χ1) is 5.88. The van der Waals surface area contributed by atoms with Gasteiger partial charge in [-0.15, -0.1) is 0 Å². The summed E-state index contributed by atoms with van der Waals surface area (Å²) >= 11 is 0. The Kier molecular flexibility index (Phi) is 2.52. The van der Waals surface area contributed by atoms with Crippen LogP contribution in [0.1, 0.15) is 36.5 Å². The highest BCUT2D eigenvalue weighted by atomic mass is 16.5. The van der Waals surface area contributed by atoms with Crippen LogP contribution in [0.2, 0.25) is 0 Å². The highest BCUT2D eigenvalue weighted by molar-refractivity contribution is 5.94. The minimum absolute atomic E-state index is 0.0793. The second kappa shape index (κ2) is 3.30. The van der Waals surface area contributed by atoms with Crippen LogP contribution in [0.25, 0.3) is 0 Å². The van der Waals surface area contributed by atoms with Crippen molar-refractivity contribution in [3.05, 3.63) is 17.5 Å². The van der Waals surface area contributed by atoms with Gasteiger partial charge in [0.05, 0.1) is 0 Å². The third-order valence-electron chi connectivity index (χ3n) is 1.53. The number of nitrogens with zero attached hydrogens (tertiary/aromatic N) is 1. The highest BCUT2D eigenvalue weighted by Gasteiger charge is 2.19. The number of aromatic nitrogens is 1. The summed E-state index contributed by atoms with van der Waals surface area (Å²) < 4.78 is 4.79. The fraction of sp³-hybridized carbons (Fsp3) is 0.556. The van der Waals surface area contributed by atoms with Crippen molar-refractivity contribution in [2.75, 3.05) is 0 Å². The van der Waals surface area contributed by atoms with Gasteiger partial charge >= 0.3 is 0 Å². The molecule has 72 valence electrons. The lowest BCUT2D eigenvalue weighted by molar-refractivity contribution is 0.0951. The molecular weight excluding hydrogens is 168 g/mol. The number of carbonyl (C=O) groups is 1. The molecule has 13 heavy (non-hydrogen) atoms. The number of aryl methyl sites for hydroxylation is 1. The van der Waals surface area contributed by atoms with Gasteiger partial charge in [-0.25, -0.2) is 0 Å². The van der Waals surface area contributed by atoms with Gasteiger partial charge in [-0.05, 0) is 20.8 Å². The average Bonchev–Trinajstić information content (AvgIpc) is 2.31. The maximum atomic E-state index is 11.5. The molecule has 1 aromatic rings. The van der Waals surface area contributed by atoms with Crippen molar-refractivity contribution in [1.82, 2.24) is 5.16 Å². The van der Waals surface area contributed by atoms with E-state index in [0.717, 1.165) is 0 Å². The summed E-state index contributed by atoms with van der Waals surface area (Å²) in [5.74, 6) is 0.558. The van der Waals surface area contributed by atoms with Crippen LogP contribution >= 0.6 is 0 Å². The zero-order valence-corrected chi connectivity index (χ0v) is 8.13. The summed E-state index contributed by atoms with van der Waals surface area (Å²) in [4.78, 5) is 11.5. The Hall–Kier alpha value is -1.16. The number of nitrogens with two attached hydrogens (primary N) is 1. The number of ketones is 1. The van der Waals surface area contributed by atoms with E-state index in [1.807, 2.05) is 0 Å². The van der Waals surface area contributed by atoms with Gasteiger partial charge in [0.2, 0.25) is 0 Å². The molecule has 0 aliphatic rings. The molecule has 0 bridgehead atoms. The van der Waals surface area contributed by atoms with Crippen molar-refractivity contribution in [3.8, 4) is 0 Å². The first-order valence-electron chi connectivity index (χ1n) is 4.14. The molecule has 0 fully saturated rings. The molecule has 0 amide bonds. The molecule has 0 aliphatic carbocycles. The molecule has 0 aliphatic heterocycles. The first-order valence-corrected chi connectivity index (χ1v) is 4.14. The molecule has 1 aromatic heterocycles. The number of hydrogen-bond acceptors (Lipinski definition) is 4. The van der Waals surface area contributed by atoms with Gasteiger partial charge in [-0.2, -0.15) is 0 Å². The van der Waals surface area contributed by atoms with Crippen molar-refractivity contribution in [2.45, 2.75) is 32.7 Å². The lowest BCUT2D eigenvalue weighted by Crippen LogP contribution is -2.34. The van der Waals surface area contributed by atoms with Gasteiger partial charge in [-0.3, -0.25) is 4.79 Å². The van der Waals surface area contributed by atoms with Gasteiger partial charge in [-0.1, -0.05) is 5.16 Å². The van der Waals surface area contributed by atoms with Crippen molar-refractivity contribution in [2.24, 2.45) is 5.73 Å². The average molecular weight is 182 g/mol. The molecule has 1 rings (SSSR count). The van der Waals surface area contributed by atoms with Crippen LogP contribution < -0.4 is 5.73 Å². The van der Waals surface area contributed by atoms with E-state index < -0.39 is 5.54 Å². The summed E-state index contributed by atoms with van der Waals surface area (Å²) in [6.07, 6.45) is 0.277. The van der Waals surface area contributed by atoms with E-state index in [-0.39, 0.29) is 12.2 Å². The van der Waals surface area contributed by atoms with Gasteiger partial charge in [0, 0.05) is 18.0 Å². The van der Waals surface area contributed by atoms with E-state index in [1.165, 1.54) is 0 Å². The molecule has 0 spiro atoms. The Morgan fingerprint density at radius 2 is 2.31 bits per heavy atom. The van der Waals surface area contributed by atoms with Gasteiger partial charge in [0.1, 0.15) is 11.5 Å². The number of hydrogen-bond donors (Lipinski definition) is 1. The van der Waals surface area contributed by atoms with Crippen LogP contribution in [0.15, 0.2) is 10.6 Å². The SMILES string of the molecule is Cc1cc(C(=O)CC(C)(C)N)no1. The second-order valence-electron chi connectivity index (χ2n) is 3.91. The molecule has 2 N–H and O–H groups in total. The molecule has 0 unspecified atom stereocenters. The molecule has 1 heterocycles. The molecule has 0 aromatic carbocycles. The molecule has 4 heteroatoms. The lowest BCUT2D eigenvalue weighted by atomic mass is 9.98. The second-order valence-corrected chi connectivity index (χ2v) is 3.91. The van der Waals surface area contributed by atoms with E-state index in [0.29, 0.717) is 11.5 Å². The van der Waals surface area contributed by atoms with E-state index in [2.05, 4.69) is 5.16 Å². The van der Waals surface area contributed by atoms with Crippen LogP contribution in [-0.4, -0.2) is 16.5 Å². The Balaban J connectivity index is 2.70. The summed E-state index contributed by atoms with van der Waals surface area (Å²) in [5, 5.41) is 3.62. The smallest absolute Gasteiger partial charge is 0.186 e. The van der Waals surface area contributed by atoms with Crippen molar-refractivity contribution >= 4 is 5.78 Å². The van der Waals surface area contributed by atoms with E-state index in [9.17, 15) is 4.79 Å². The zero-order chi connectivity index (χ0) is 10.1. The van der Waals surface area contributed by atoms with Gasteiger partial charge in [0.25, 0.3) is 0 Å². The minimum Gasteiger partial charge on any atom is -0.361 e. The van der Waals surface area contributed by atoms with Crippen molar-refractivity contribution in [3.63, 3.8) is 0 Å². The van der Waals surface area contributed by atoms with Crippen molar-refractivity contribution < 1.29 is 9.32 Å². The maximum Gasteiger partial charge on any atom is 0.186 e. The molecular formula is C9H14N2O2. The maximum absolute atomic E-state index is 11.5. The monoisotopic (exact) mass is 182 g/mol. The largest absolute Gasteiger partial charge is 0.361 e. The Bertz CT molecular complexity index is 310. The van der Waals surface area contributed by atoms with Crippen LogP contribution in [0.5, 0.6) is 0 Å². The van der Waals surface area contributed by atoms with Crippen LogP contribution in [-0.2, 0) is 0 Å². The highest BCUT2D eigenvalue weighted by Crippen LogP contribution is 2.10. The minimum atomic E-state index is -0.496. The topological polar surface area (TPSA) is 69.1 Å². The summed E-state index contributed by atoms with van der Waals surface area (Å²) in [5.41, 5.74) is 5.56. The van der Waals surface area contributed by atoms with Gasteiger partial charge in [0.15, 0.2) is 5.78 Å². The van der Waals surface area contributed by atoms with Crippen LogP contribution in [0.3, 0.4) is 0 Å². The Morgan fingerprint density at radius 3 is 2.69 bits per heavy atom. The van der Waals surface area contributed by atoms with Crippen molar-refractivity contribution in [1.29, 1.82) is 0 Å². The first kappa shape index (κ1) is 9.92. The standard InChI is InChI=1S/C9H14N2O2/c1-6-4-7(11-13-6)8(12)5-9(2,3)10/h4H,5,10H2,1-3H3. The van der Waals surface area contributed by atoms with E-state index >= 15 is 0 Å². The third-order valence-corrected chi connectivity index (χ3v) is 1.53. The number of Topliss-reactive ketones (excluding diaryl/α,β-unsaturated/α-hetero) is 1. The van der Waals surface area contributed by atoms with Gasteiger partial charge < -0.3 is 10.3 Å². The fourth-order valence-electron chi connectivity index (χ4n) is 1.00. The third kappa shape index (κ3) is 2.99. The van der Waals surface area contributed by atoms with Crippen LogP contribution in [0.4, 0.5) is 0 Å². The molecule has 0 saturated carbocycles. The van der Waals surface area contributed by atoms with E-state index in [1.54, 1.807) is 26.8 Å². The fourth-order valence-corrected chi connectivity index (χ4v) is 1.00. The molecule has 4 nitrogen and oxygen atoms in total. The van der Waals surface area contributed by atoms with Crippen LogP contribution in [0, 0.1) is 6.92 Å². The van der Waals surface area contributed by atoms with E-state index in [4.69, 9.17) is 10.3 Å². The zero-order valence-electron chi connectivity index (χ0n) is 8.13. The number of rotatable bonds is 3. The normalized spacial score (nSPS) is 11.7. The lowest BCUT2D eigenvalue weighted by Gasteiger charge is -2.15. The predicted octanol–water partition coefficient (Wildman–Crippen LogP) is 1.29. The number of carbonyl (C=O) groups excluding carboxylic acids is 1. The summed E-state index contributed by atoms with van der Waals surface area (Å²) in [6.45, 7) is 5.35. The quantitative estimate of drug-likeness (QED) is 0.715. The Morgan fingerprint density at radius 1 is 1.69 bits per heavy atom. The predicted molar refractivity (Wildman–Crippen MR) is 48.5 cm³/mol.